The number of hydrogen-bond acceptors (Lipinski definition) is 1. The van der Waals surface area contributed by atoms with Gasteiger partial charge in [0, 0.05) is 11.1 Å². The highest BCUT2D eigenvalue weighted by Crippen LogP contribution is 2.31. The van der Waals surface area contributed by atoms with Gasteiger partial charge in [-0.1, -0.05) is 18.2 Å². The van der Waals surface area contributed by atoms with Crippen LogP contribution in [-0.4, -0.2) is 4.57 Å². The summed E-state index contributed by atoms with van der Waals surface area (Å²) in [6.45, 7) is 2.16. The number of rotatable bonds is 0. The van der Waals surface area contributed by atoms with Gasteiger partial charge < -0.3 is 10.3 Å². The first-order valence-electron chi connectivity index (χ1n) is 5.62. The summed E-state index contributed by atoms with van der Waals surface area (Å²) in [5, 5.41) is 1.34. The quantitative estimate of drug-likeness (QED) is 0.696. The Morgan fingerprint density at radius 1 is 1.40 bits per heavy atom. The molecule has 0 saturated carbocycles. The lowest BCUT2D eigenvalue weighted by atomic mass is 10.1. The molecular weight excluding hydrogens is 184 g/mol. The normalized spacial score (nSPS) is 20.5. The van der Waals surface area contributed by atoms with Gasteiger partial charge in [-0.05, 0) is 37.8 Å². The minimum Gasteiger partial charge on any atom is -0.329 e. The van der Waals surface area contributed by atoms with Gasteiger partial charge in [-0.25, -0.2) is 0 Å². The minimum atomic E-state index is 0.173. The number of para-hydroxylation sites is 1. The maximum Gasteiger partial charge on any atom is 0.0817 e. The van der Waals surface area contributed by atoms with Crippen LogP contribution in [0, 0.1) is 6.92 Å². The molecular formula is C13H16N2. The lowest BCUT2D eigenvalue weighted by molar-refractivity contribution is 0.425. The predicted molar refractivity (Wildman–Crippen MR) is 62.8 cm³/mol. The smallest absolute Gasteiger partial charge is 0.0817 e. The van der Waals surface area contributed by atoms with Crippen molar-refractivity contribution < 1.29 is 0 Å². The van der Waals surface area contributed by atoms with E-state index in [-0.39, 0.29) is 6.17 Å². The SMILES string of the molecule is Cc1cccc2cc3n(c12)C(N)CCC3. The van der Waals surface area contributed by atoms with Gasteiger partial charge in [0.15, 0.2) is 0 Å². The summed E-state index contributed by atoms with van der Waals surface area (Å²) in [7, 11) is 0. The third-order valence-corrected chi connectivity index (χ3v) is 3.41. The molecule has 1 atom stereocenters. The largest absolute Gasteiger partial charge is 0.329 e. The van der Waals surface area contributed by atoms with Crippen molar-refractivity contribution in [3.05, 3.63) is 35.5 Å². The Morgan fingerprint density at radius 2 is 2.27 bits per heavy atom. The zero-order chi connectivity index (χ0) is 10.4. The fourth-order valence-corrected chi connectivity index (χ4v) is 2.71. The second kappa shape index (κ2) is 3.11. The maximum atomic E-state index is 6.19. The number of fused-ring (bicyclic) bond motifs is 3. The van der Waals surface area contributed by atoms with E-state index in [9.17, 15) is 0 Å². The lowest BCUT2D eigenvalue weighted by Gasteiger charge is -2.24. The van der Waals surface area contributed by atoms with Crippen molar-refractivity contribution in [2.45, 2.75) is 32.4 Å². The van der Waals surface area contributed by atoms with Crippen LogP contribution in [0.3, 0.4) is 0 Å². The van der Waals surface area contributed by atoms with Crippen LogP contribution in [-0.2, 0) is 6.42 Å². The molecule has 0 bridgehead atoms. The summed E-state index contributed by atoms with van der Waals surface area (Å²) < 4.78 is 2.33. The maximum absolute atomic E-state index is 6.19. The summed E-state index contributed by atoms with van der Waals surface area (Å²) in [5.74, 6) is 0. The third-order valence-electron chi connectivity index (χ3n) is 3.41. The molecule has 2 heterocycles. The summed E-state index contributed by atoms with van der Waals surface area (Å²) >= 11 is 0. The van der Waals surface area contributed by atoms with Crippen molar-refractivity contribution in [1.82, 2.24) is 4.57 Å². The molecule has 0 saturated heterocycles. The number of hydrogen-bond donors (Lipinski definition) is 1. The lowest BCUT2D eigenvalue weighted by Crippen LogP contribution is -2.24. The molecule has 2 aromatic rings. The number of aromatic nitrogens is 1. The second-order valence-corrected chi connectivity index (χ2v) is 4.48. The van der Waals surface area contributed by atoms with E-state index in [2.05, 4.69) is 35.8 Å². The fraction of sp³-hybridized carbons (Fsp3) is 0.385. The molecule has 1 aliphatic rings. The molecule has 0 amide bonds. The van der Waals surface area contributed by atoms with Crippen LogP contribution in [0.5, 0.6) is 0 Å². The van der Waals surface area contributed by atoms with Crippen molar-refractivity contribution in [2.75, 3.05) is 0 Å². The zero-order valence-corrected chi connectivity index (χ0v) is 9.03. The van der Waals surface area contributed by atoms with E-state index in [0.29, 0.717) is 0 Å². The third kappa shape index (κ3) is 1.21. The zero-order valence-electron chi connectivity index (χ0n) is 9.03. The Kier molecular flexibility index (Phi) is 1.86. The van der Waals surface area contributed by atoms with E-state index < -0.39 is 0 Å². The number of nitrogens with zero attached hydrogens (tertiary/aromatic N) is 1. The molecule has 2 N–H and O–H groups in total. The van der Waals surface area contributed by atoms with Crippen LogP contribution < -0.4 is 5.73 Å². The van der Waals surface area contributed by atoms with Crippen molar-refractivity contribution in [3.63, 3.8) is 0 Å². The van der Waals surface area contributed by atoms with Gasteiger partial charge in [0.05, 0.1) is 11.7 Å². The van der Waals surface area contributed by atoms with E-state index in [1.807, 2.05) is 0 Å². The highest BCUT2D eigenvalue weighted by molar-refractivity contribution is 5.84. The van der Waals surface area contributed by atoms with Crippen LogP contribution in [0.25, 0.3) is 10.9 Å². The van der Waals surface area contributed by atoms with Gasteiger partial charge in [0.2, 0.25) is 0 Å². The first kappa shape index (κ1) is 8.98. The highest BCUT2D eigenvalue weighted by Gasteiger charge is 2.19. The fourth-order valence-electron chi connectivity index (χ4n) is 2.71. The second-order valence-electron chi connectivity index (χ2n) is 4.48. The molecule has 0 spiro atoms. The molecule has 15 heavy (non-hydrogen) atoms. The monoisotopic (exact) mass is 200 g/mol. The van der Waals surface area contributed by atoms with Crippen LogP contribution in [0.1, 0.15) is 30.3 Å². The van der Waals surface area contributed by atoms with Crippen molar-refractivity contribution in [2.24, 2.45) is 5.73 Å². The molecule has 1 aromatic carbocycles. The Hall–Kier alpha value is -1.28. The van der Waals surface area contributed by atoms with Crippen LogP contribution in [0.2, 0.25) is 0 Å². The molecule has 0 fully saturated rings. The van der Waals surface area contributed by atoms with Gasteiger partial charge in [-0.2, -0.15) is 0 Å². The van der Waals surface area contributed by atoms with Gasteiger partial charge in [-0.15, -0.1) is 0 Å². The average Bonchev–Trinajstić information content (AvgIpc) is 2.58. The first-order chi connectivity index (χ1) is 7.27. The Bertz CT molecular complexity index is 510. The first-order valence-corrected chi connectivity index (χ1v) is 5.62. The average molecular weight is 200 g/mol. The van der Waals surface area contributed by atoms with Crippen LogP contribution >= 0.6 is 0 Å². The van der Waals surface area contributed by atoms with E-state index in [1.165, 1.54) is 35.0 Å². The van der Waals surface area contributed by atoms with Crippen LogP contribution in [0.4, 0.5) is 0 Å². The summed E-state index contributed by atoms with van der Waals surface area (Å²) in [5.41, 5.74) is 10.3. The van der Waals surface area contributed by atoms with E-state index in [4.69, 9.17) is 5.73 Å². The van der Waals surface area contributed by atoms with Gasteiger partial charge in [0.1, 0.15) is 0 Å². The number of nitrogens with two attached hydrogens (primary N) is 1. The molecule has 2 nitrogen and oxygen atoms in total. The summed E-state index contributed by atoms with van der Waals surface area (Å²) in [6.07, 6.45) is 3.66. The van der Waals surface area contributed by atoms with E-state index in [1.54, 1.807) is 0 Å². The molecule has 0 radical (unpaired) electrons. The standard InChI is InChI=1S/C13H16N2/c1-9-4-2-5-10-8-11-6-3-7-12(14)15(11)13(9)10/h2,4-5,8,12H,3,6-7,14H2,1H3. The summed E-state index contributed by atoms with van der Waals surface area (Å²) in [6, 6.07) is 8.76. The number of aryl methyl sites for hydroxylation is 2. The van der Waals surface area contributed by atoms with E-state index in [0.717, 1.165) is 6.42 Å². The predicted octanol–water partition coefficient (Wildman–Crippen LogP) is 2.74. The van der Waals surface area contributed by atoms with Crippen LogP contribution in [0.15, 0.2) is 24.3 Å². The van der Waals surface area contributed by atoms with Gasteiger partial charge >= 0.3 is 0 Å². The molecule has 1 unspecified atom stereocenters. The Morgan fingerprint density at radius 3 is 3.13 bits per heavy atom. The van der Waals surface area contributed by atoms with Gasteiger partial charge in [-0.3, -0.25) is 0 Å². The Labute approximate surface area is 89.7 Å². The van der Waals surface area contributed by atoms with Crippen molar-refractivity contribution in [1.29, 1.82) is 0 Å². The highest BCUT2D eigenvalue weighted by atomic mass is 15.1. The van der Waals surface area contributed by atoms with Crippen molar-refractivity contribution in [3.8, 4) is 0 Å². The number of benzene rings is 1. The molecule has 1 aliphatic heterocycles. The molecule has 0 aliphatic carbocycles. The van der Waals surface area contributed by atoms with Gasteiger partial charge in [0.25, 0.3) is 0 Å². The molecule has 1 aromatic heterocycles. The topological polar surface area (TPSA) is 30.9 Å². The Balaban J connectivity index is 2.38. The molecule has 2 heteroatoms. The van der Waals surface area contributed by atoms with E-state index >= 15 is 0 Å². The van der Waals surface area contributed by atoms with Crippen molar-refractivity contribution >= 4 is 10.9 Å². The summed E-state index contributed by atoms with van der Waals surface area (Å²) in [4.78, 5) is 0. The molecule has 3 rings (SSSR count). The molecule has 78 valence electrons. The minimum absolute atomic E-state index is 0.173.